The Hall–Kier alpha value is -4.31. The molecule has 0 amide bonds. The molecule has 2 atom stereocenters. The van der Waals surface area contributed by atoms with Gasteiger partial charge in [-0.25, -0.2) is 14.3 Å². The number of nitrogens with zero attached hydrogens (tertiary/aromatic N) is 1. The Balaban J connectivity index is 1.74. The van der Waals surface area contributed by atoms with Crippen LogP contribution < -0.4 is 25.6 Å². The Morgan fingerprint density at radius 2 is 1.46 bits per heavy atom. The summed E-state index contributed by atoms with van der Waals surface area (Å²) in [6.45, 7) is 16.6. The number of nitrogens with one attached hydrogen (secondary N) is 1. The van der Waals surface area contributed by atoms with Crippen LogP contribution in [0.25, 0.3) is 0 Å². The van der Waals surface area contributed by atoms with Crippen LogP contribution in [0.4, 0.5) is 14.5 Å². The second kappa shape index (κ2) is 14.4. The number of ether oxygens (including phenoxy) is 1. The Bertz CT molecular complexity index is 1710. The Labute approximate surface area is 283 Å². The van der Waals surface area contributed by atoms with E-state index >= 15 is 8.78 Å². The van der Waals surface area contributed by atoms with E-state index in [9.17, 15) is 4.79 Å². The molecule has 252 valence electrons. The van der Waals surface area contributed by atoms with Crippen LogP contribution in [0.1, 0.15) is 63.0 Å². The fourth-order valence-corrected chi connectivity index (χ4v) is 11.2. The highest BCUT2D eigenvalue weighted by Crippen LogP contribution is 2.41. The van der Waals surface area contributed by atoms with Gasteiger partial charge in [0.15, 0.2) is 11.6 Å². The monoisotopic (exact) mass is 670 g/mol. The zero-order chi connectivity index (χ0) is 34.6. The van der Waals surface area contributed by atoms with Crippen molar-refractivity contribution in [3.05, 3.63) is 132 Å². The fraction of sp³-hybridized carbons (Fsp3) is 0.308. The second-order valence-electron chi connectivity index (χ2n) is 13.5. The first kappa shape index (κ1) is 35.0. The molecular weight excluding hydrogens is 627 g/mol. The number of hydrogen-bond acceptors (Lipinski definition) is 6. The van der Waals surface area contributed by atoms with Gasteiger partial charge >= 0.3 is 0 Å². The van der Waals surface area contributed by atoms with Gasteiger partial charge in [-0.3, -0.25) is 4.79 Å². The van der Waals surface area contributed by atoms with Crippen molar-refractivity contribution >= 4 is 30.2 Å². The molecule has 0 bridgehead atoms. The smallest absolute Gasteiger partial charge is 0.261 e. The third-order valence-electron chi connectivity index (χ3n) is 8.56. The highest BCUT2D eigenvalue weighted by molar-refractivity contribution is 6.99. The number of rotatable bonds is 11. The first-order valence-corrected chi connectivity index (χ1v) is 18.1. The number of ketones is 1. The van der Waals surface area contributed by atoms with Crippen LogP contribution in [-0.2, 0) is 15.8 Å². The van der Waals surface area contributed by atoms with E-state index in [-0.39, 0.29) is 46.4 Å². The second-order valence-corrected chi connectivity index (χ2v) is 17.8. The first-order valence-electron chi connectivity index (χ1n) is 16.2. The summed E-state index contributed by atoms with van der Waals surface area (Å²) in [5.74, 6) is -2.53. The predicted octanol–water partition coefficient (Wildman–Crippen LogP) is 7.30. The van der Waals surface area contributed by atoms with E-state index in [4.69, 9.17) is 14.0 Å². The van der Waals surface area contributed by atoms with Crippen molar-refractivity contribution in [2.24, 2.45) is 0 Å². The van der Waals surface area contributed by atoms with E-state index in [2.05, 4.69) is 57.1 Å². The number of morpholine rings is 1. The highest BCUT2D eigenvalue weighted by atomic mass is 28.4. The maximum Gasteiger partial charge on any atom is 0.261 e. The quantitative estimate of drug-likeness (QED) is 0.103. The zero-order valence-electron chi connectivity index (χ0n) is 28.5. The van der Waals surface area contributed by atoms with Gasteiger partial charge < -0.3 is 18.9 Å². The molecule has 6 nitrogen and oxygen atoms in total. The first-order chi connectivity index (χ1) is 22.8. The van der Waals surface area contributed by atoms with Crippen LogP contribution in [0.2, 0.25) is 5.04 Å². The summed E-state index contributed by atoms with van der Waals surface area (Å²) >= 11 is 0. The molecule has 2 unspecified atom stereocenters. The minimum Gasteiger partial charge on any atom is -0.403 e. The van der Waals surface area contributed by atoms with Crippen molar-refractivity contribution < 1.29 is 27.6 Å². The lowest BCUT2D eigenvalue weighted by Crippen LogP contribution is -2.66. The molecule has 1 aliphatic rings. The number of halogens is 2. The van der Waals surface area contributed by atoms with Gasteiger partial charge in [-0.05, 0) is 54.4 Å². The lowest BCUT2D eigenvalue weighted by molar-refractivity contribution is -0.00554. The molecule has 5 rings (SSSR count). The van der Waals surface area contributed by atoms with Crippen molar-refractivity contribution in [1.29, 1.82) is 0 Å². The number of anilines is 1. The lowest BCUT2D eigenvalue weighted by atomic mass is 9.97. The third kappa shape index (κ3) is 7.09. The predicted molar refractivity (Wildman–Crippen MR) is 189 cm³/mol. The molecule has 1 fully saturated rings. The summed E-state index contributed by atoms with van der Waals surface area (Å²) in [5, 5.41) is 1.77. The molecule has 0 aromatic heterocycles. The number of carbonyl (C=O) groups excluding carboxylic acids is 1. The van der Waals surface area contributed by atoms with E-state index in [0.717, 1.165) is 10.4 Å². The lowest BCUT2D eigenvalue weighted by Gasteiger charge is -2.43. The topological polar surface area (TPSA) is 60.0 Å². The molecule has 0 radical (unpaired) electrons. The molecule has 0 saturated carbocycles. The maximum atomic E-state index is 17.2. The van der Waals surface area contributed by atoms with Crippen LogP contribution in [0.3, 0.4) is 0 Å². The molecular formula is C39H44F2N2O4Si. The van der Waals surface area contributed by atoms with Crippen LogP contribution in [0.15, 0.2) is 103 Å². The minimum atomic E-state index is -3.08. The van der Waals surface area contributed by atoms with Gasteiger partial charge in [0.1, 0.15) is 5.82 Å². The van der Waals surface area contributed by atoms with Gasteiger partial charge in [-0.15, -0.1) is 0 Å². The van der Waals surface area contributed by atoms with Gasteiger partial charge in [-0.2, -0.15) is 0 Å². The Kier molecular flexibility index (Phi) is 10.5. The maximum absolute atomic E-state index is 17.2. The van der Waals surface area contributed by atoms with Gasteiger partial charge in [0.2, 0.25) is 5.75 Å². The van der Waals surface area contributed by atoms with E-state index in [1.54, 1.807) is 19.1 Å². The number of hydroxylamine groups is 1. The molecule has 1 heterocycles. The fourth-order valence-electron chi connectivity index (χ4n) is 6.63. The third-order valence-corrected chi connectivity index (χ3v) is 13.5. The van der Waals surface area contributed by atoms with E-state index in [1.807, 2.05) is 55.1 Å². The molecule has 4 aromatic rings. The highest BCUT2D eigenvalue weighted by Gasteiger charge is 2.50. The minimum absolute atomic E-state index is 0.0224. The molecule has 0 spiro atoms. The summed E-state index contributed by atoms with van der Waals surface area (Å²) in [4.78, 5) is 21.7. The summed E-state index contributed by atoms with van der Waals surface area (Å²) in [6, 6.07) is 27.5. The molecule has 0 aliphatic carbocycles. The summed E-state index contributed by atoms with van der Waals surface area (Å²) in [6.07, 6.45) is -0.368. The van der Waals surface area contributed by atoms with Crippen molar-refractivity contribution in [1.82, 2.24) is 5.48 Å². The Morgan fingerprint density at radius 3 is 1.98 bits per heavy atom. The SMILES string of the molecule is C=C(C)NOc1c(C(=O)c2ccccc2F)cc(CO[Si](c2ccccc2)(c2ccccc2)C(C)(C)C)c(N2CC(C)OC(C)C2)c1F. The van der Waals surface area contributed by atoms with Gasteiger partial charge in [0, 0.05) is 24.4 Å². The molecule has 1 aliphatic heterocycles. The average molecular weight is 671 g/mol. The number of benzene rings is 4. The summed E-state index contributed by atoms with van der Waals surface area (Å²) < 4.78 is 45.5. The number of hydrogen-bond donors (Lipinski definition) is 1. The summed E-state index contributed by atoms with van der Waals surface area (Å²) in [7, 11) is -3.08. The average Bonchev–Trinajstić information content (AvgIpc) is 3.04. The van der Waals surface area contributed by atoms with Crippen LogP contribution in [-0.4, -0.2) is 39.4 Å². The standard InChI is InChI=1S/C39H44F2N2O4Si/c1-26(2)42-47-38-33(37(44)32-20-14-15-21-34(32)40)22-29(36(35(38)41)43-23-27(3)46-28(4)24-43)25-45-48(39(5,6)7,30-16-10-8-11-17-30)31-18-12-9-13-19-31/h8-22,27-28,42H,1,23-25H2,2-7H3. The molecule has 9 heteroatoms. The normalized spacial score (nSPS) is 16.8. The van der Waals surface area contributed by atoms with Crippen molar-refractivity contribution in [2.75, 3.05) is 18.0 Å². The molecule has 4 aromatic carbocycles. The number of allylic oxidation sites excluding steroid dienone is 1. The van der Waals surface area contributed by atoms with Gasteiger partial charge in [0.25, 0.3) is 8.32 Å². The number of carbonyl (C=O) groups is 1. The van der Waals surface area contributed by atoms with Crippen LogP contribution in [0.5, 0.6) is 5.75 Å². The van der Waals surface area contributed by atoms with Gasteiger partial charge in [-0.1, -0.05) is 100 Å². The molecule has 48 heavy (non-hydrogen) atoms. The van der Waals surface area contributed by atoms with Crippen molar-refractivity contribution in [3.63, 3.8) is 0 Å². The van der Waals surface area contributed by atoms with Crippen LogP contribution >= 0.6 is 0 Å². The molecule has 1 N–H and O–H groups in total. The Morgan fingerprint density at radius 1 is 0.917 bits per heavy atom. The van der Waals surface area contributed by atoms with E-state index in [1.165, 1.54) is 18.2 Å². The van der Waals surface area contributed by atoms with E-state index < -0.39 is 25.7 Å². The van der Waals surface area contributed by atoms with Crippen molar-refractivity contribution in [3.8, 4) is 5.75 Å². The summed E-state index contributed by atoms with van der Waals surface area (Å²) in [5.41, 5.74) is 3.36. The van der Waals surface area contributed by atoms with Gasteiger partial charge in [0.05, 0.1) is 35.6 Å². The van der Waals surface area contributed by atoms with Crippen LogP contribution in [0, 0.1) is 11.6 Å². The zero-order valence-corrected chi connectivity index (χ0v) is 29.5. The molecule has 1 saturated heterocycles. The largest absolute Gasteiger partial charge is 0.403 e. The van der Waals surface area contributed by atoms with Crippen molar-refractivity contribution in [2.45, 2.75) is 65.4 Å². The van der Waals surface area contributed by atoms with E-state index in [0.29, 0.717) is 24.4 Å².